The lowest BCUT2D eigenvalue weighted by molar-refractivity contribution is 0.0761. The summed E-state index contributed by atoms with van der Waals surface area (Å²) in [6.45, 7) is 3.54. The van der Waals surface area contributed by atoms with Gasteiger partial charge in [0.05, 0.1) is 17.4 Å². The van der Waals surface area contributed by atoms with Crippen LogP contribution in [0.5, 0.6) is 0 Å². The van der Waals surface area contributed by atoms with E-state index in [0.717, 1.165) is 30.5 Å². The number of amides is 1. The molecule has 134 valence electrons. The second kappa shape index (κ2) is 7.25. The molecule has 1 aromatic heterocycles. The number of rotatable bonds is 3. The van der Waals surface area contributed by atoms with Gasteiger partial charge in [0.2, 0.25) is 0 Å². The van der Waals surface area contributed by atoms with Crippen LogP contribution in [0.4, 0.5) is 4.39 Å². The molecule has 4 rings (SSSR count). The number of aromatic amines is 1. The van der Waals surface area contributed by atoms with Gasteiger partial charge in [0.25, 0.3) is 5.91 Å². The third kappa shape index (κ3) is 3.46. The zero-order valence-electron chi connectivity index (χ0n) is 14.5. The van der Waals surface area contributed by atoms with Crippen LogP contribution in [0.2, 0.25) is 0 Å². The lowest BCUT2D eigenvalue weighted by Crippen LogP contribution is -2.35. The first-order valence-corrected chi connectivity index (χ1v) is 8.89. The van der Waals surface area contributed by atoms with E-state index in [-0.39, 0.29) is 11.7 Å². The molecule has 2 aromatic carbocycles. The second-order valence-corrected chi connectivity index (χ2v) is 6.65. The van der Waals surface area contributed by atoms with Crippen LogP contribution >= 0.6 is 0 Å². The Kier molecular flexibility index (Phi) is 4.67. The van der Waals surface area contributed by atoms with E-state index in [2.05, 4.69) is 14.9 Å². The van der Waals surface area contributed by atoms with Crippen molar-refractivity contribution >= 4 is 16.9 Å². The van der Waals surface area contributed by atoms with Gasteiger partial charge in [0.15, 0.2) is 0 Å². The average Bonchev–Trinajstić information content (AvgIpc) is 3.01. The van der Waals surface area contributed by atoms with Gasteiger partial charge in [-0.3, -0.25) is 9.69 Å². The lowest BCUT2D eigenvalue weighted by Gasteiger charge is -2.22. The number of hydrogen-bond acceptors (Lipinski definition) is 3. The molecule has 1 saturated heterocycles. The maximum atomic E-state index is 13.9. The summed E-state index contributed by atoms with van der Waals surface area (Å²) in [6, 6.07) is 12.4. The number of halogens is 1. The molecule has 0 radical (unpaired) electrons. The van der Waals surface area contributed by atoms with Gasteiger partial charge in [0, 0.05) is 43.9 Å². The van der Waals surface area contributed by atoms with E-state index in [4.69, 9.17) is 0 Å². The topological polar surface area (TPSA) is 52.2 Å². The van der Waals surface area contributed by atoms with E-state index in [0.29, 0.717) is 30.8 Å². The Morgan fingerprint density at radius 2 is 2.00 bits per heavy atom. The number of benzene rings is 2. The monoisotopic (exact) mass is 352 g/mol. The highest BCUT2D eigenvalue weighted by molar-refractivity contribution is 5.97. The summed E-state index contributed by atoms with van der Waals surface area (Å²) in [4.78, 5) is 24.2. The number of carbonyl (C=O) groups is 1. The largest absolute Gasteiger partial charge is 0.345 e. The van der Waals surface area contributed by atoms with Gasteiger partial charge >= 0.3 is 0 Å². The van der Waals surface area contributed by atoms with Crippen LogP contribution in [-0.2, 0) is 6.54 Å². The van der Waals surface area contributed by atoms with Crippen LogP contribution < -0.4 is 0 Å². The van der Waals surface area contributed by atoms with Crippen molar-refractivity contribution in [2.24, 2.45) is 0 Å². The molecule has 0 spiro atoms. The first-order valence-electron chi connectivity index (χ1n) is 8.89. The fourth-order valence-corrected chi connectivity index (χ4v) is 3.45. The smallest absolute Gasteiger partial charge is 0.253 e. The summed E-state index contributed by atoms with van der Waals surface area (Å²) in [6.07, 6.45) is 2.51. The lowest BCUT2D eigenvalue weighted by atomic mass is 10.1. The Labute approximate surface area is 151 Å². The molecular weight excluding hydrogens is 331 g/mol. The zero-order valence-corrected chi connectivity index (χ0v) is 14.5. The first kappa shape index (κ1) is 16.7. The zero-order chi connectivity index (χ0) is 17.9. The Bertz CT molecular complexity index is 923. The molecule has 6 heteroatoms. The Morgan fingerprint density at radius 3 is 2.88 bits per heavy atom. The molecule has 0 aliphatic carbocycles. The van der Waals surface area contributed by atoms with Gasteiger partial charge in [-0.15, -0.1) is 0 Å². The number of carbonyl (C=O) groups excluding carboxylic acids is 1. The van der Waals surface area contributed by atoms with Crippen LogP contribution in [0.1, 0.15) is 22.3 Å². The highest BCUT2D eigenvalue weighted by atomic mass is 19.1. The number of H-pyrrole nitrogens is 1. The standard InChI is InChI=1S/C20H21FN4O/c21-17-5-2-1-4-16(17)13-24-8-3-9-25(11-10-24)20(26)15-6-7-18-19(12-15)23-14-22-18/h1-2,4-7,12,14H,3,8-11,13H2,(H,22,23). The third-order valence-electron chi connectivity index (χ3n) is 4.89. The minimum atomic E-state index is -0.169. The van der Waals surface area contributed by atoms with Crippen LogP contribution in [0.15, 0.2) is 48.8 Å². The maximum absolute atomic E-state index is 13.9. The van der Waals surface area contributed by atoms with Crippen molar-refractivity contribution in [3.8, 4) is 0 Å². The first-order chi connectivity index (χ1) is 12.7. The quantitative estimate of drug-likeness (QED) is 0.788. The molecule has 0 bridgehead atoms. The minimum Gasteiger partial charge on any atom is -0.345 e. The van der Waals surface area contributed by atoms with E-state index in [1.54, 1.807) is 12.4 Å². The SMILES string of the molecule is O=C(c1ccc2nc[nH]c2c1)N1CCCN(Cc2ccccc2F)CC1. The predicted molar refractivity (Wildman–Crippen MR) is 98.3 cm³/mol. The molecule has 0 unspecified atom stereocenters. The molecule has 0 atom stereocenters. The number of imidazole rings is 1. The number of nitrogens with one attached hydrogen (secondary N) is 1. The van der Waals surface area contributed by atoms with E-state index in [9.17, 15) is 9.18 Å². The molecule has 1 fully saturated rings. The van der Waals surface area contributed by atoms with Crippen molar-refractivity contribution in [2.45, 2.75) is 13.0 Å². The molecule has 0 saturated carbocycles. The van der Waals surface area contributed by atoms with Crippen LogP contribution in [0.3, 0.4) is 0 Å². The van der Waals surface area contributed by atoms with Crippen molar-refractivity contribution in [2.75, 3.05) is 26.2 Å². The van der Waals surface area contributed by atoms with Gasteiger partial charge in [-0.25, -0.2) is 9.37 Å². The van der Waals surface area contributed by atoms with Gasteiger partial charge in [-0.1, -0.05) is 18.2 Å². The highest BCUT2D eigenvalue weighted by Crippen LogP contribution is 2.16. The molecule has 1 aliphatic heterocycles. The summed E-state index contributed by atoms with van der Waals surface area (Å²) in [5.74, 6) is -0.133. The summed E-state index contributed by atoms with van der Waals surface area (Å²) in [5, 5.41) is 0. The van der Waals surface area contributed by atoms with E-state index < -0.39 is 0 Å². The second-order valence-electron chi connectivity index (χ2n) is 6.65. The number of fused-ring (bicyclic) bond motifs is 1. The van der Waals surface area contributed by atoms with Crippen molar-refractivity contribution in [1.29, 1.82) is 0 Å². The summed E-state index contributed by atoms with van der Waals surface area (Å²) in [7, 11) is 0. The fourth-order valence-electron chi connectivity index (χ4n) is 3.45. The summed E-state index contributed by atoms with van der Waals surface area (Å²) in [5.41, 5.74) is 3.10. The van der Waals surface area contributed by atoms with E-state index in [1.807, 2.05) is 35.2 Å². The Hall–Kier alpha value is -2.73. The molecule has 1 N–H and O–H groups in total. The van der Waals surface area contributed by atoms with Gasteiger partial charge in [0.1, 0.15) is 5.82 Å². The van der Waals surface area contributed by atoms with Gasteiger partial charge in [-0.2, -0.15) is 0 Å². The van der Waals surface area contributed by atoms with E-state index >= 15 is 0 Å². The predicted octanol–water partition coefficient (Wildman–Crippen LogP) is 3.05. The van der Waals surface area contributed by atoms with E-state index in [1.165, 1.54) is 6.07 Å². The van der Waals surface area contributed by atoms with Crippen LogP contribution in [-0.4, -0.2) is 51.9 Å². The number of aromatic nitrogens is 2. The van der Waals surface area contributed by atoms with Gasteiger partial charge < -0.3 is 9.88 Å². The molecule has 5 nitrogen and oxygen atoms in total. The normalized spacial score (nSPS) is 16.0. The molecule has 3 aromatic rings. The summed E-state index contributed by atoms with van der Waals surface area (Å²) >= 11 is 0. The Morgan fingerprint density at radius 1 is 1.12 bits per heavy atom. The van der Waals surface area contributed by atoms with Crippen LogP contribution in [0.25, 0.3) is 11.0 Å². The fraction of sp³-hybridized carbons (Fsp3) is 0.300. The Balaban J connectivity index is 1.43. The minimum absolute atomic E-state index is 0.0363. The van der Waals surface area contributed by atoms with Gasteiger partial charge in [-0.05, 0) is 30.7 Å². The number of hydrogen-bond donors (Lipinski definition) is 1. The molecular formula is C20H21FN4O. The molecule has 2 heterocycles. The summed E-state index contributed by atoms with van der Waals surface area (Å²) < 4.78 is 13.9. The maximum Gasteiger partial charge on any atom is 0.253 e. The van der Waals surface area contributed by atoms with Crippen molar-refractivity contribution < 1.29 is 9.18 Å². The average molecular weight is 352 g/mol. The third-order valence-corrected chi connectivity index (χ3v) is 4.89. The molecule has 1 amide bonds. The highest BCUT2D eigenvalue weighted by Gasteiger charge is 2.21. The number of nitrogens with zero attached hydrogens (tertiary/aromatic N) is 3. The van der Waals surface area contributed by atoms with Crippen molar-refractivity contribution in [3.05, 3.63) is 65.7 Å². The van der Waals surface area contributed by atoms with Crippen molar-refractivity contribution in [3.63, 3.8) is 0 Å². The van der Waals surface area contributed by atoms with Crippen LogP contribution in [0, 0.1) is 5.82 Å². The molecule has 1 aliphatic rings. The van der Waals surface area contributed by atoms with Crippen molar-refractivity contribution in [1.82, 2.24) is 19.8 Å². The molecule has 26 heavy (non-hydrogen) atoms.